The molecule has 2 rings (SSSR count). The van der Waals surface area contributed by atoms with Crippen LogP contribution in [0.1, 0.15) is 32.1 Å². The molecule has 0 aromatic rings. The molecule has 0 radical (unpaired) electrons. The van der Waals surface area contributed by atoms with E-state index >= 15 is 0 Å². The molecule has 2 nitrogen and oxygen atoms in total. The van der Waals surface area contributed by atoms with Crippen molar-refractivity contribution in [3.8, 4) is 0 Å². The van der Waals surface area contributed by atoms with Gasteiger partial charge in [-0.1, -0.05) is 6.42 Å². The summed E-state index contributed by atoms with van der Waals surface area (Å²) in [5.74, 6) is 0.279. The van der Waals surface area contributed by atoms with Gasteiger partial charge in [-0.15, -0.1) is 0 Å². The quantitative estimate of drug-likeness (QED) is 0.731. The summed E-state index contributed by atoms with van der Waals surface area (Å²) in [7, 11) is 0. The Kier molecular flexibility index (Phi) is 2.07. The van der Waals surface area contributed by atoms with E-state index in [1.54, 1.807) is 0 Å². The van der Waals surface area contributed by atoms with Crippen LogP contribution in [0.5, 0.6) is 0 Å². The predicted molar refractivity (Wildman–Crippen MR) is 49.4 cm³/mol. The van der Waals surface area contributed by atoms with Crippen LogP contribution in [0.15, 0.2) is 0 Å². The Balaban J connectivity index is 1.74. The Morgan fingerprint density at radius 2 is 2.17 bits per heavy atom. The van der Waals surface area contributed by atoms with Crippen molar-refractivity contribution in [2.75, 3.05) is 5.75 Å². The largest absolute Gasteiger partial charge is 0.481 e. The van der Waals surface area contributed by atoms with Crippen molar-refractivity contribution in [3.05, 3.63) is 0 Å². The minimum atomic E-state index is -0.575. The van der Waals surface area contributed by atoms with Crippen molar-refractivity contribution >= 4 is 17.7 Å². The van der Waals surface area contributed by atoms with Crippen molar-refractivity contribution in [2.45, 2.75) is 37.4 Å². The molecule has 0 heterocycles. The lowest BCUT2D eigenvalue weighted by Gasteiger charge is -2.25. The van der Waals surface area contributed by atoms with Crippen molar-refractivity contribution < 1.29 is 9.90 Å². The number of rotatable bonds is 4. The van der Waals surface area contributed by atoms with Crippen LogP contribution in [0.25, 0.3) is 0 Å². The summed E-state index contributed by atoms with van der Waals surface area (Å²) in [6.07, 6.45) is 5.77. The van der Waals surface area contributed by atoms with Crippen molar-refractivity contribution in [2.24, 2.45) is 5.41 Å². The van der Waals surface area contributed by atoms with E-state index in [2.05, 4.69) is 0 Å². The number of carboxylic acid groups (broad SMARTS) is 1. The summed E-state index contributed by atoms with van der Waals surface area (Å²) in [4.78, 5) is 10.8. The molecule has 0 aliphatic heterocycles. The molecule has 12 heavy (non-hydrogen) atoms. The molecule has 0 unspecified atom stereocenters. The molecule has 0 aromatic heterocycles. The number of carboxylic acids is 1. The molecule has 1 N–H and O–H groups in total. The molecular formula is C9H14O2S. The maximum atomic E-state index is 10.8. The standard InChI is InChI=1S/C9H14O2S/c10-8(11)9(4-5-9)6-12-7-2-1-3-7/h7H,1-6H2,(H,10,11). The second kappa shape index (κ2) is 2.95. The van der Waals surface area contributed by atoms with E-state index < -0.39 is 5.97 Å². The van der Waals surface area contributed by atoms with E-state index in [4.69, 9.17) is 5.11 Å². The third kappa shape index (κ3) is 1.47. The van der Waals surface area contributed by atoms with Crippen LogP contribution in [0.2, 0.25) is 0 Å². The average molecular weight is 186 g/mol. The SMILES string of the molecule is O=C(O)C1(CSC2CCC2)CC1. The monoisotopic (exact) mass is 186 g/mol. The van der Waals surface area contributed by atoms with E-state index in [-0.39, 0.29) is 5.41 Å². The van der Waals surface area contributed by atoms with Crippen LogP contribution in [-0.2, 0) is 4.79 Å². The highest BCUT2D eigenvalue weighted by Gasteiger charge is 2.50. The second-order valence-electron chi connectivity index (χ2n) is 3.95. The number of carbonyl (C=O) groups is 1. The van der Waals surface area contributed by atoms with Gasteiger partial charge in [0.1, 0.15) is 0 Å². The lowest BCUT2D eigenvalue weighted by atomic mass is 10.00. The van der Waals surface area contributed by atoms with Gasteiger partial charge >= 0.3 is 5.97 Å². The molecule has 2 fully saturated rings. The molecular weight excluding hydrogens is 172 g/mol. The molecule has 68 valence electrons. The fraction of sp³-hybridized carbons (Fsp3) is 0.889. The molecule has 2 saturated carbocycles. The lowest BCUT2D eigenvalue weighted by molar-refractivity contribution is -0.142. The first-order valence-corrected chi connectivity index (χ1v) is 5.63. The minimum absolute atomic E-state index is 0.305. The summed E-state index contributed by atoms with van der Waals surface area (Å²) < 4.78 is 0. The highest BCUT2D eigenvalue weighted by atomic mass is 32.2. The van der Waals surface area contributed by atoms with E-state index in [9.17, 15) is 4.79 Å². The zero-order valence-corrected chi connectivity index (χ0v) is 7.90. The third-order valence-corrected chi connectivity index (χ3v) is 4.62. The molecule has 2 aliphatic rings. The number of hydrogen-bond donors (Lipinski definition) is 1. The fourth-order valence-corrected chi connectivity index (χ4v) is 3.02. The Bertz CT molecular complexity index is 195. The van der Waals surface area contributed by atoms with Gasteiger partial charge in [-0.05, 0) is 25.7 Å². The first kappa shape index (κ1) is 8.42. The molecule has 0 bridgehead atoms. The molecule has 0 aromatic carbocycles. The van der Waals surface area contributed by atoms with Gasteiger partial charge < -0.3 is 5.11 Å². The molecule has 2 aliphatic carbocycles. The topological polar surface area (TPSA) is 37.3 Å². The van der Waals surface area contributed by atoms with E-state index in [1.807, 2.05) is 11.8 Å². The van der Waals surface area contributed by atoms with Crippen molar-refractivity contribution in [1.82, 2.24) is 0 Å². The Hall–Kier alpha value is -0.180. The smallest absolute Gasteiger partial charge is 0.310 e. The maximum absolute atomic E-state index is 10.8. The summed E-state index contributed by atoms with van der Waals surface area (Å²) >= 11 is 1.88. The Labute approximate surface area is 76.7 Å². The molecule has 0 spiro atoms. The van der Waals surface area contributed by atoms with Crippen LogP contribution in [0.4, 0.5) is 0 Å². The maximum Gasteiger partial charge on any atom is 0.310 e. The van der Waals surface area contributed by atoms with Crippen LogP contribution in [-0.4, -0.2) is 22.1 Å². The van der Waals surface area contributed by atoms with Gasteiger partial charge in [0, 0.05) is 11.0 Å². The number of aliphatic carboxylic acids is 1. The average Bonchev–Trinajstić information content (AvgIpc) is 2.65. The zero-order chi connectivity index (χ0) is 8.60. The molecule has 0 amide bonds. The lowest BCUT2D eigenvalue weighted by Crippen LogP contribution is -2.21. The van der Waals surface area contributed by atoms with Gasteiger partial charge in [0.15, 0.2) is 0 Å². The van der Waals surface area contributed by atoms with Gasteiger partial charge in [0.05, 0.1) is 5.41 Å². The van der Waals surface area contributed by atoms with Gasteiger partial charge in [0.25, 0.3) is 0 Å². The molecule has 0 atom stereocenters. The Morgan fingerprint density at radius 3 is 2.50 bits per heavy atom. The summed E-state index contributed by atoms with van der Waals surface area (Å²) in [5, 5.41) is 9.67. The predicted octanol–water partition coefficient (Wildman–Crippen LogP) is 2.14. The third-order valence-electron chi connectivity index (χ3n) is 2.95. The zero-order valence-electron chi connectivity index (χ0n) is 7.08. The highest BCUT2D eigenvalue weighted by Crippen LogP contribution is 2.50. The first-order valence-electron chi connectivity index (χ1n) is 4.58. The van der Waals surface area contributed by atoms with Gasteiger partial charge in [-0.3, -0.25) is 4.79 Å². The normalized spacial score (nSPS) is 26.3. The van der Waals surface area contributed by atoms with Crippen LogP contribution < -0.4 is 0 Å². The number of hydrogen-bond acceptors (Lipinski definition) is 2. The van der Waals surface area contributed by atoms with Crippen molar-refractivity contribution in [1.29, 1.82) is 0 Å². The van der Waals surface area contributed by atoms with Crippen LogP contribution in [0.3, 0.4) is 0 Å². The van der Waals surface area contributed by atoms with Gasteiger partial charge in [-0.25, -0.2) is 0 Å². The summed E-state index contributed by atoms with van der Waals surface area (Å²) in [5.41, 5.74) is -0.305. The highest BCUT2D eigenvalue weighted by molar-refractivity contribution is 8.00. The first-order chi connectivity index (χ1) is 5.73. The Morgan fingerprint density at radius 1 is 1.50 bits per heavy atom. The minimum Gasteiger partial charge on any atom is -0.481 e. The van der Waals surface area contributed by atoms with Crippen molar-refractivity contribution in [3.63, 3.8) is 0 Å². The van der Waals surface area contributed by atoms with Crippen LogP contribution in [0, 0.1) is 5.41 Å². The van der Waals surface area contributed by atoms with Gasteiger partial charge in [0.2, 0.25) is 0 Å². The molecule has 3 heteroatoms. The fourth-order valence-electron chi connectivity index (χ4n) is 1.39. The summed E-state index contributed by atoms with van der Waals surface area (Å²) in [6.45, 7) is 0. The van der Waals surface area contributed by atoms with E-state index in [0.717, 1.165) is 23.8 Å². The van der Waals surface area contributed by atoms with E-state index in [1.165, 1.54) is 19.3 Å². The van der Waals surface area contributed by atoms with Gasteiger partial charge in [-0.2, -0.15) is 11.8 Å². The number of thioether (sulfide) groups is 1. The molecule has 0 saturated heterocycles. The summed E-state index contributed by atoms with van der Waals surface area (Å²) in [6, 6.07) is 0. The second-order valence-corrected chi connectivity index (χ2v) is 5.24. The van der Waals surface area contributed by atoms with E-state index in [0.29, 0.717) is 0 Å². The van der Waals surface area contributed by atoms with Crippen LogP contribution >= 0.6 is 11.8 Å².